The lowest BCUT2D eigenvalue weighted by atomic mass is 10.1. The Hall–Kier alpha value is -2.04. The average Bonchev–Trinajstić information content (AvgIpc) is 3.05. The zero-order chi connectivity index (χ0) is 17.6. The quantitative estimate of drug-likeness (QED) is 0.549. The number of hydrogen-bond donors (Lipinski definition) is 0. The van der Waals surface area contributed by atoms with Crippen molar-refractivity contribution in [2.45, 2.75) is 32.2 Å². The van der Waals surface area contributed by atoms with E-state index in [2.05, 4.69) is 53.4 Å². The molecule has 1 aliphatic heterocycles. The van der Waals surface area contributed by atoms with Crippen molar-refractivity contribution >= 4 is 23.3 Å². The molecule has 2 heterocycles. The van der Waals surface area contributed by atoms with Gasteiger partial charge in [0, 0.05) is 6.54 Å². The first-order chi connectivity index (χ1) is 12.9. The van der Waals surface area contributed by atoms with Gasteiger partial charge in [-0.1, -0.05) is 48.9 Å². The number of rotatable bonds is 7. The second kappa shape index (κ2) is 9.77. The van der Waals surface area contributed by atoms with Crippen LogP contribution < -0.4 is 4.74 Å². The number of nitrogens with zero attached hydrogens (tertiary/aromatic N) is 3. The molecule has 1 saturated heterocycles. The number of likely N-dealkylation sites (tertiary alicyclic amines) is 1. The molecule has 0 unspecified atom stereocenters. The summed E-state index contributed by atoms with van der Waals surface area (Å²) in [4.78, 5) is 2.55. The molecule has 0 radical (unpaired) electrons. The highest BCUT2D eigenvalue weighted by Crippen LogP contribution is 2.25. The zero-order valence-corrected chi connectivity index (χ0v) is 16.5. The van der Waals surface area contributed by atoms with Gasteiger partial charge in [0.1, 0.15) is 0 Å². The fourth-order valence-electron chi connectivity index (χ4n) is 3.72. The van der Waals surface area contributed by atoms with Crippen molar-refractivity contribution in [3.63, 3.8) is 0 Å². The molecule has 2 aromatic carbocycles. The van der Waals surface area contributed by atoms with Crippen molar-refractivity contribution in [2.24, 2.45) is 0 Å². The number of benzene rings is 2. The lowest BCUT2D eigenvalue weighted by Gasteiger charge is -2.26. The van der Waals surface area contributed by atoms with Crippen molar-refractivity contribution in [1.29, 1.82) is 0 Å². The Morgan fingerprint density at radius 3 is 2.44 bits per heavy atom. The van der Waals surface area contributed by atoms with Gasteiger partial charge in [0.15, 0.2) is 0 Å². The molecule has 0 saturated carbocycles. The number of fused-ring (bicyclic) bond motifs is 1. The summed E-state index contributed by atoms with van der Waals surface area (Å²) in [6.07, 6.45) is 5.13. The van der Waals surface area contributed by atoms with E-state index < -0.39 is 0 Å². The molecule has 0 bridgehead atoms. The molecular weight excluding hydrogens is 358 g/mol. The number of ether oxygens (including phenoxy) is 1. The normalized spacial score (nSPS) is 14.8. The first-order valence-electron chi connectivity index (χ1n) is 9.75. The molecule has 3 aromatic rings. The first-order valence-corrected chi connectivity index (χ1v) is 9.75. The Kier molecular flexibility index (Phi) is 7.13. The minimum atomic E-state index is 0. The number of aromatic nitrogens is 2. The van der Waals surface area contributed by atoms with E-state index >= 15 is 0 Å². The fourth-order valence-corrected chi connectivity index (χ4v) is 3.72. The van der Waals surface area contributed by atoms with Crippen LogP contribution in [0.25, 0.3) is 10.9 Å². The molecule has 5 heteroatoms. The first kappa shape index (κ1) is 19.7. The maximum absolute atomic E-state index is 6.07. The van der Waals surface area contributed by atoms with Gasteiger partial charge < -0.3 is 9.64 Å². The van der Waals surface area contributed by atoms with Gasteiger partial charge in [0.05, 0.1) is 24.1 Å². The lowest BCUT2D eigenvalue weighted by Crippen LogP contribution is -2.31. The molecule has 27 heavy (non-hydrogen) atoms. The Labute approximate surface area is 167 Å². The highest BCUT2D eigenvalue weighted by Gasteiger charge is 2.13. The molecule has 1 aliphatic rings. The van der Waals surface area contributed by atoms with Crippen LogP contribution in [0.3, 0.4) is 0 Å². The maximum atomic E-state index is 6.07. The topological polar surface area (TPSA) is 30.3 Å². The van der Waals surface area contributed by atoms with E-state index in [1.807, 2.05) is 10.7 Å². The van der Waals surface area contributed by atoms with Crippen LogP contribution in [-0.2, 0) is 6.54 Å². The fraction of sp³-hybridized carbons (Fsp3) is 0.409. The summed E-state index contributed by atoms with van der Waals surface area (Å²) >= 11 is 0. The van der Waals surface area contributed by atoms with E-state index in [-0.39, 0.29) is 12.4 Å². The Bertz CT molecular complexity index is 828. The van der Waals surface area contributed by atoms with E-state index in [1.165, 1.54) is 37.9 Å². The summed E-state index contributed by atoms with van der Waals surface area (Å²) in [6.45, 7) is 5.10. The molecule has 4 rings (SSSR count). The third-order valence-electron chi connectivity index (χ3n) is 5.11. The SMILES string of the molecule is Cl.c1ccc(Cn2nc(OCCCN3CCCCC3)c3ccccc32)cc1. The van der Waals surface area contributed by atoms with Crippen LogP contribution in [0, 0.1) is 0 Å². The predicted octanol–water partition coefficient (Wildman–Crippen LogP) is 4.76. The van der Waals surface area contributed by atoms with Crippen LogP contribution in [-0.4, -0.2) is 40.9 Å². The van der Waals surface area contributed by atoms with Gasteiger partial charge in [-0.3, -0.25) is 4.68 Å². The highest BCUT2D eigenvalue weighted by atomic mass is 35.5. The third kappa shape index (κ3) is 5.02. The molecule has 0 amide bonds. The molecule has 1 fully saturated rings. The van der Waals surface area contributed by atoms with Crippen LogP contribution in [0.2, 0.25) is 0 Å². The molecule has 0 aliphatic carbocycles. The Morgan fingerprint density at radius 2 is 1.63 bits per heavy atom. The Balaban J connectivity index is 0.00000210. The minimum absolute atomic E-state index is 0. The van der Waals surface area contributed by atoms with E-state index in [1.54, 1.807) is 0 Å². The lowest BCUT2D eigenvalue weighted by molar-refractivity contribution is 0.203. The van der Waals surface area contributed by atoms with Crippen molar-refractivity contribution < 1.29 is 4.74 Å². The van der Waals surface area contributed by atoms with Crippen molar-refractivity contribution in [1.82, 2.24) is 14.7 Å². The monoisotopic (exact) mass is 385 g/mol. The summed E-state index contributed by atoms with van der Waals surface area (Å²) in [5, 5.41) is 5.85. The average molecular weight is 386 g/mol. The number of para-hydroxylation sites is 1. The summed E-state index contributed by atoms with van der Waals surface area (Å²) < 4.78 is 8.12. The van der Waals surface area contributed by atoms with Crippen LogP contribution in [0.5, 0.6) is 5.88 Å². The smallest absolute Gasteiger partial charge is 0.240 e. The molecule has 0 spiro atoms. The number of halogens is 1. The molecular formula is C22H28ClN3O. The minimum Gasteiger partial charge on any atom is -0.476 e. The van der Waals surface area contributed by atoms with E-state index in [4.69, 9.17) is 9.84 Å². The van der Waals surface area contributed by atoms with Gasteiger partial charge >= 0.3 is 0 Å². The van der Waals surface area contributed by atoms with Gasteiger partial charge in [0.2, 0.25) is 5.88 Å². The van der Waals surface area contributed by atoms with E-state index in [0.717, 1.165) is 42.9 Å². The van der Waals surface area contributed by atoms with Crippen molar-refractivity contribution in [3.05, 3.63) is 60.2 Å². The standard InChI is InChI=1S/C22H27N3O.ClH/c1-3-10-19(11-4-1)18-25-21-13-6-5-12-20(21)22(23-25)26-17-9-16-24-14-7-2-8-15-24;/h1,3-6,10-13H,2,7-9,14-18H2;1H. The molecule has 144 valence electrons. The number of piperidine rings is 1. The van der Waals surface area contributed by atoms with Crippen molar-refractivity contribution in [2.75, 3.05) is 26.2 Å². The molecule has 1 aromatic heterocycles. The van der Waals surface area contributed by atoms with E-state index in [9.17, 15) is 0 Å². The van der Waals surface area contributed by atoms with Gasteiger partial charge in [-0.25, -0.2) is 0 Å². The van der Waals surface area contributed by atoms with Crippen LogP contribution in [0.15, 0.2) is 54.6 Å². The predicted molar refractivity (Wildman–Crippen MR) is 113 cm³/mol. The molecule has 0 N–H and O–H groups in total. The van der Waals surface area contributed by atoms with Crippen LogP contribution >= 0.6 is 12.4 Å². The summed E-state index contributed by atoms with van der Waals surface area (Å²) in [5.74, 6) is 0.759. The van der Waals surface area contributed by atoms with Gasteiger partial charge in [-0.15, -0.1) is 17.5 Å². The summed E-state index contributed by atoms with van der Waals surface area (Å²) in [6, 6.07) is 18.8. The van der Waals surface area contributed by atoms with Crippen LogP contribution in [0.1, 0.15) is 31.2 Å². The third-order valence-corrected chi connectivity index (χ3v) is 5.11. The van der Waals surface area contributed by atoms with E-state index in [0.29, 0.717) is 0 Å². The maximum Gasteiger partial charge on any atom is 0.240 e. The highest BCUT2D eigenvalue weighted by molar-refractivity contribution is 5.85. The summed E-state index contributed by atoms with van der Waals surface area (Å²) in [7, 11) is 0. The van der Waals surface area contributed by atoms with Gasteiger partial charge in [-0.05, 0) is 50.0 Å². The Morgan fingerprint density at radius 1 is 0.889 bits per heavy atom. The second-order valence-electron chi connectivity index (χ2n) is 7.07. The largest absolute Gasteiger partial charge is 0.476 e. The van der Waals surface area contributed by atoms with Crippen molar-refractivity contribution in [3.8, 4) is 5.88 Å². The summed E-state index contributed by atoms with van der Waals surface area (Å²) in [5.41, 5.74) is 2.37. The van der Waals surface area contributed by atoms with Gasteiger partial charge in [0.25, 0.3) is 0 Å². The second-order valence-corrected chi connectivity index (χ2v) is 7.07. The van der Waals surface area contributed by atoms with Gasteiger partial charge in [-0.2, -0.15) is 0 Å². The van der Waals surface area contributed by atoms with Crippen LogP contribution in [0.4, 0.5) is 0 Å². The number of hydrogen-bond acceptors (Lipinski definition) is 3. The molecule has 4 nitrogen and oxygen atoms in total. The molecule has 0 atom stereocenters. The zero-order valence-electron chi connectivity index (χ0n) is 15.7.